The van der Waals surface area contributed by atoms with Gasteiger partial charge in [0.1, 0.15) is 6.04 Å². The van der Waals surface area contributed by atoms with Crippen LogP contribution in [0.1, 0.15) is 19.4 Å². The fraction of sp³-hybridized carbons (Fsp3) is 0.176. The van der Waals surface area contributed by atoms with Gasteiger partial charge in [-0.15, -0.1) is 0 Å². The topological polar surface area (TPSA) is 53.5 Å². The minimum Gasteiger partial charge on any atom is -0.374 e. The van der Waals surface area contributed by atoms with E-state index in [1.807, 2.05) is 49.4 Å². The molecule has 114 valence electrons. The lowest BCUT2D eigenvalue weighted by atomic mass is 10.1. The molecular weight excluding hydrogens is 298 g/mol. The highest BCUT2D eigenvalue weighted by Crippen LogP contribution is 2.15. The number of rotatable bonds is 5. The van der Waals surface area contributed by atoms with Crippen LogP contribution in [-0.4, -0.2) is 17.7 Å². The number of hydrogen-bond acceptors (Lipinski definition) is 3. The van der Waals surface area contributed by atoms with Gasteiger partial charge in [0, 0.05) is 10.7 Å². The average Bonchev–Trinajstić information content (AvgIpc) is 2.53. The summed E-state index contributed by atoms with van der Waals surface area (Å²) in [6, 6.07) is 16.5. The van der Waals surface area contributed by atoms with E-state index >= 15 is 0 Å². The van der Waals surface area contributed by atoms with E-state index < -0.39 is 6.04 Å². The summed E-state index contributed by atoms with van der Waals surface area (Å²) in [7, 11) is 0. The van der Waals surface area contributed by atoms with E-state index in [1.54, 1.807) is 19.1 Å². The maximum Gasteiger partial charge on any atom is 0.262 e. The Balaban J connectivity index is 1.94. The Morgan fingerprint density at radius 3 is 2.55 bits per heavy atom. The van der Waals surface area contributed by atoms with Crippen molar-refractivity contribution in [2.75, 3.05) is 5.32 Å². The molecule has 0 saturated carbocycles. The number of anilines is 1. The predicted octanol–water partition coefficient (Wildman–Crippen LogP) is 3.68. The fourth-order valence-electron chi connectivity index (χ4n) is 1.87. The molecule has 1 atom stereocenters. The molecule has 0 bridgehead atoms. The van der Waals surface area contributed by atoms with Crippen LogP contribution < -0.4 is 10.7 Å². The molecule has 0 aliphatic carbocycles. The van der Waals surface area contributed by atoms with Gasteiger partial charge in [-0.3, -0.25) is 4.79 Å². The number of hydrogen-bond donors (Lipinski definition) is 2. The van der Waals surface area contributed by atoms with Crippen LogP contribution in [0.4, 0.5) is 5.69 Å². The Kier molecular flexibility index (Phi) is 5.55. The highest BCUT2D eigenvalue weighted by atomic mass is 35.5. The Morgan fingerprint density at radius 2 is 1.86 bits per heavy atom. The Bertz CT molecular complexity index is 671. The number of halogens is 1. The van der Waals surface area contributed by atoms with E-state index in [0.717, 1.165) is 17.0 Å². The number of carbonyl (C=O) groups is 1. The van der Waals surface area contributed by atoms with Crippen LogP contribution in [0.2, 0.25) is 5.02 Å². The van der Waals surface area contributed by atoms with Crippen molar-refractivity contribution in [2.24, 2.45) is 5.10 Å². The average molecular weight is 316 g/mol. The summed E-state index contributed by atoms with van der Waals surface area (Å²) in [5.41, 5.74) is 5.08. The number of nitrogens with zero attached hydrogens (tertiary/aromatic N) is 1. The molecule has 0 aliphatic heterocycles. The second kappa shape index (κ2) is 7.61. The highest BCUT2D eigenvalue weighted by molar-refractivity contribution is 6.30. The summed E-state index contributed by atoms with van der Waals surface area (Å²) in [5, 5.41) is 7.83. The van der Waals surface area contributed by atoms with Crippen molar-refractivity contribution in [1.29, 1.82) is 0 Å². The molecule has 0 spiro atoms. The van der Waals surface area contributed by atoms with E-state index in [2.05, 4.69) is 15.8 Å². The minimum atomic E-state index is -0.425. The second-order valence-electron chi connectivity index (χ2n) is 4.92. The van der Waals surface area contributed by atoms with E-state index in [-0.39, 0.29) is 5.91 Å². The van der Waals surface area contributed by atoms with Gasteiger partial charge < -0.3 is 5.32 Å². The number of carbonyl (C=O) groups excluding carboxylic acids is 1. The highest BCUT2D eigenvalue weighted by Gasteiger charge is 2.12. The molecule has 1 amide bonds. The molecule has 0 unspecified atom stereocenters. The van der Waals surface area contributed by atoms with Gasteiger partial charge in [0.15, 0.2) is 0 Å². The van der Waals surface area contributed by atoms with Gasteiger partial charge in [0.25, 0.3) is 5.91 Å². The summed E-state index contributed by atoms with van der Waals surface area (Å²) in [6.45, 7) is 3.62. The minimum absolute atomic E-state index is 0.213. The normalized spacial score (nSPS) is 12.6. The van der Waals surface area contributed by atoms with Crippen LogP contribution in [0.5, 0.6) is 0 Å². The third-order valence-electron chi connectivity index (χ3n) is 3.13. The predicted molar refractivity (Wildman–Crippen MR) is 91.3 cm³/mol. The van der Waals surface area contributed by atoms with Crippen molar-refractivity contribution in [3.8, 4) is 0 Å². The number of amides is 1. The number of benzene rings is 2. The molecule has 22 heavy (non-hydrogen) atoms. The summed E-state index contributed by atoms with van der Waals surface area (Å²) in [4.78, 5) is 12.1. The lowest BCUT2D eigenvalue weighted by molar-refractivity contribution is -0.121. The molecule has 0 aromatic heterocycles. The van der Waals surface area contributed by atoms with Gasteiger partial charge in [-0.05, 0) is 37.6 Å². The Hall–Kier alpha value is -2.33. The molecular formula is C17H18ClN3O. The van der Waals surface area contributed by atoms with Crippen LogP contribution in [0.15, 0.2) is 59.7 Å². The smallest absolute Gasteiger partial charge is 0.262 e. The molecule has 5 heteroatoms. The maximum absolute atomic E-state index is 12.1. The second-order valence-corrected chi connectivity index (χ2v) is 5.35. The zero-order valence-corrected chi connectivity index (χ0v) is 13.3. The van der Waals surface area contributed by atoms with Gasteiger partial charge in [-0.25, -0.2) is 5.43 Å². The van der Waals surface area contributed by atoms with Crippen molar-refractivity contribution < 1.29 is 4.79 Å². The fourth-order valence-corrected chi connectivity index (χ4v) is 2.06. The molecule has 0 heterocycles. The first-order valence-electron chi connectivity index (χ1n) is 6.98. The first kappa shape index (κ1) is 16.0. The number of hydrazone groups is 1. The first-order chi connectivity index (χ1) is 10.6. The van der Waals surface area contributed by atoms with Crippen LogP contribution in [0.25, 0.3) is 0 Å². The van der Waals surface area contributed by atoms with Crippen LogP contribution in [-0.2, 0) is 4.79 Å². The monoisotopic (exact) mass is 315 g/mol. The van der Waals surface area contributed by atoms with Crippen molar-refractivity contribution in [3.05, 3.63) is 65.2 Å². The molecule has 0 aliphatic rings. The third-order valence-corrected chi connectivity index (χ3v) is 3.36. The third kappa shape index (κ3) is 4.60. The summed E-state index contributed by atoms with van der Waals surface area (Å²) in [5.74, 6) is -0.213. The van der Waals surface area contributed by atoms with Crippen LogP contribution in [0, 0.1) is 0 Å². The van der Waals surface area contributed by atoms with Crippen LogP contribution >= 0.6 is 11.6 Å². The lowest BCUT2D eigenvalue weighted by Gasteiger charge is -2.14. The summed E-state index contributed by atoms with van der Waals surface area (Å²) >= 11 is 5.92. The Labute approximate surface area is 135 Å². The molecule has 2 aromatic carbocycles. The first-order valence-corrected chi connectivity index (χ1v) is 7.36. The van der Waals surface area contributed by atoms with E-state index in [9.17, 15) is 4.79 Å². The van der Waals surface area contributed by atoms with E-state index in [0.29, 0.717) is 5.02 Å². The maximum atomic E-state index is 12.1. The quantitative estimate of drug-likeness (QED) is 0.653. The van der Waals surface area contributed by atoms with Gasteiger partial charge in [0.2, 0.25) is 0 Å². The molecule has 4 nitrogen and oxygen atoms in total. The van der Waals surface area contributed by atoms with Gasteiger partial charge in [0.05, 0.1) is 5.71 Å². The van der Waals surface area contributed by atoms with Crippen molar-refractivity contribution in [2.45, 2.75) is 19.9 Å². The molecule has 2 aromatic rings. The number of nitrogens with one attached hydrogen (secondary N) is 2. The largest absolute Gasteiger partial charge is 0.374 e. The van der Waals surface area contributed by atoms with Crippen LogP contribution in [0.3, 0.4) is 0 Å². The summed E-state index contributed by atoms with van der Waals surface area (Å²) < 4.78 is 0. The molecule has 2 rings (SSSR count). The van der Waals surface area contributed by atoms with Crippen molar-refractivity contribution >= 4 is 28.9 Å². The molecule has 2 N–H and O–H groups in total. The van der Waals surface area contributed by atoms with Crippen molar-refractivity contribution in [1.82, 2.24) is 5.43 Å². The van der Waals surface area contributed by atoms with Gasteiger partial charge in [-0.2, -0.15) is 5.10 Å². The zero-order valence-electron chi connectivity index (χ0n) is 12.5. The lowest BCUT2D eigenvalue weighted by Crippen LogP contribution is -2.35. The van der Waals surface area contributed by atoms with E-state index in [1.165, 1.54) is 0 Å². The molecule has 0 radical (unpaired) electrons. The standard InChI is InChI=1S/C17H18ClN3O/c1-12(14-7-4-3-5-8-14)20-21-17(22)13(2)19-16-10-6-9-15(18)11-16/h3-11,13,19H,1-2H3,(H,21,22)/t13-/m1/s1. The van der Waals surface area contributed by atoms with E-state index in [4.69, 9.17) is 11.6 Å². The Morgan fingerprint density at radius 1 is 1.14 bits per heavy atom. The zero-order chi connectivity index (χ0) is 15.9. The molecule has 0 saturated heterocycles. The van der Waals surface area contributed by atoms with Crippen molar-refractivity contribution in [3.63, 3.8) is 0 Å². The SMILES string of the molecule is CC(=NNC(=O)[C@@H](C)Nc1cccc(Cl)c1)c1ccccc1. The summed E-state index contributed by atoms with van der Waals surface area (Å²) in [6.07, 6.45) is 0. The van der Waals surface area contributed by atoms with Gasteiger partial charge in [-0.1, -0.05) is 48.0 Å². The van der Waals surface area contributed by atoms with Gasteiger partial charge >= 0.3 is 0 Å². The molecule has 0 fully saturated rings.